The van der Waals surface area contributed by atoms with Crippen LogP contribution in [0.2, 0.25) is 0 Å². The van der Waals surface area contributed by atoms with Gasteiger partial charge in [0.25, 0.3) is 5.91 Å². The van der Waals surface area contributed by atoms with Crippen molar-refractivity contribution >= 4 is 5.91 Å². The maximum atomic E-state index is 12.5. The summed E-state index contributed by atoms with van der Waals surface area (Å²) in [5.74, 6) is 1.67. The molecule has 0 saturated carbocycles. The van der Waals surface area contributed by atoms with Crippen LogP contribution in [0.5, 0.6) is 0 Å². The fourth-order valence-electron chi connectivity index (χ4n) is 3.01. The summed E-state index contributed by atoms with van der Waals surface area (Å²) in [4.78, 5) is 18.9. The highest BCUT2D eigenvalue weighted by molar-refractivity contribution is 5.98. The first-order valence-electron chi connectivity index (χ1n) is 8.21. The van der Waals surface area contributed by atoms with E-state index in [0.29, 0.717) is 31.9 Å². The Hall–Kier alpha value is -2.21. The van der Waals surface area contributed by atoms with Gasteiger partial charge in [0.05, 0.1) is 5.54 Å². The molecule has 1 aliphatic heterocycles. The number of ether oxygens (including phenoxy) is 1. The number of methoxy groups -OCH3 is 1. The number of hydrogen-bond acceptors (Lipinski definition) is 4. The number of rotatable bonds is 5. The zero-order valence-corrected chi connectivity index (χ0v) is 14.7. The number of aromatic nitrogens is 3. The summed E-state index contributed by atoms with van der Waals surface area (Å²) in [6.07, 6.45) is 0.674. The smallest absolute Gasteiger partial charge is 0.254 e. The van der Waals surface area contributed by atoms with Crippen molar-refractivity contribution < 1.29 is 9.53 Å². The number of nitrogens with zero attached hydrogens (tertiary/aromatic N) is 4. The Morgan fingerprint density at radius 3 is 2.67 bits per heavy atom. The molecule has 2 aromatic rings. The van der Waals surface area contributed by atoms with E-state index in [1.165, 1.54) is 0 Å². The number of carbonyl (C=O) groups is 1. The van der Waals surface area contributed by atoms with Gasteiger partial charge in [0, 0.05) is 32.2 Å². The molecule has 1 amide bonds. The fraction of sp³-hybridized carbons (Fsp3) is 0.500. The predicted octanol–water partition coefficient (Wildman–Crippen LogP) is 2.38. The van der Waals surface area contributed by atoms with Gasteiger partial charge in [0.2, 0.25) is 0 Å². The molecular weight excluding hydrogens is 304 g/mol. The van der Waals surface area contributed by atoms with Gasteiger partial charge >= 0.3 is 0 Å². The van der Waals surface area contributed by atoms with Crippen LogP contribution in [-0.2, 0) is 29.8 Å². The maximum Gasteiger partial charge on any atom is 0.254 e. The summed E-state index contributed by atoms with van der Waals surface area (Å²) in [5.41, 5.74) is 1.75. The molecule has 1 aromatic carbocycles. The molecule has 0 aliphatic carbocycles. The standard InChI is InChI=1S/C18H24N4O2/c1-18(2,3)22-16(19-15(20-22)12-24-4)9-10-21-11-13-7-5-6-8-14(13)17(21)23/h5-8H,9-12H2,1-4H3. The molecule has 0 bridgehead atoms. The summed E-state index contributed by atoms with van der Waals surface area (Å²) in [6, 6.07) is 7.80. The van der Waals surface area contributed by atoms with Crippen LogP contribution in [0.3, 0.4) is 0 Å². The van der Waals surface area contributed by atoms with Gasteiger partial charge in [-0.3, -0.25) is 4.79 Å². The molecule has 128 valence electrons. The van der Waals surface area contributed by atoms with Crippen LogP contribution in [0.15, 0.2) is 24.3 Å². The molecule has 24 heavy (non-hydrogen) atoms. The molecule has 0 atom stereocenters. The van der Waals surface area contributed by atoms with Crippen molar-refractivity contribution in [2.45, 2.75) is 45.9 Å². The molecule has 3 rings (SSSR count). The third-order valence-corrected chi connectivity index (χ3v) is 4.13. The van der Waals surface area contributed by atoms with Crippen LogP contribution in [0.1, 0.15) is 48.3 Å². The van der Waals surface area contributed by atoms with Gasteiger partial charge in [-0.1, -0.05) is 18.2 Å². The summed E-state index contributed by atoms with van der Waals surface area (Å²) in [5, 5.41) is 4.55. The average molecular weight is 328 g/mol. The molecule has 0 spiro atoms. The second kappa shape index (κ2) is 6.36. The first-order chi connectivity index (χ1) is 11.4. The lowest BCUT2D eigenvalue weighted by Crippen LogP contribution is -2.30. The van der Waals surface area contributed by atoms with Crippen molar-refractivity contribution in [2.24, 2.45) is 0 Å². The second-order valence-corrected chi connectivity index (χ2v) is 7.09. The lowest BCUT2D eigenvalue weighted by atomic mass is 10.1. The molecule has 0 fully saturated rings. The lowest BCUT2D eigenvalue weighted by molar-refractivity contribution is 0.0778. The Labute approximate surface area is 142 Å². The van der Waals surface area contributed by atoms with Crippen molar-refractivity contribution in [3.63, 3.8) is 0 Å². The van der Waals surface area contributed by atoms with Gasteiger partial charge < -0.3 is 9.64 Å². The molecule has 6 nitrogen and oxygen atoms in total. The van der Waals surface area contributed by atoms with Crippen LogP contribution in [-0.4, -0.2) is 39.2 Å². The monoisotopic (exact) mass is 328 g/mol. The van der Waals surface area contributed by atoms with E-state index in [0.717, 1.165) is 17.0 Å². The first-order valence-corrected chi connectivity index (χ1v) is 8.21. The van der Waals surface area contributed by atoms with E-state index in [2.05, 4.69) is 30.9 Å². The van der Waals surface area contributed by atoms with Crippen molar-refractivity contribution in [1.29, 1.82) is 0 Å². The molecular formula is C18H24N4O2. The summed E-state index contributed by atoms with van der Waals surface area (Å²) < 4.78 is 7.08. The molecule has 0 unspecified atom stereocenters. The molecule has 1 aromatic heterocycles. The van der Waals surface area contributed by atoms with Gasteiger partial charge in [-0.05, 0) is 32.4 Å². The Balaban J connectivity index is 1.74. The number of carbonyl (C=O) groups excluding carboxylic acids is 1. The molecule has 0 saturated heterocycles. The van der Waals surface area contributed by atoms with E-state index >= 15 is 0 Å². The van der Waals surface area contributed by atoms with Crippen LogP contribution in [0.4, 0.5) is 0 Å². The topological polar surface area (TPSA) is 60.2 Å². The largest absolute Gasteiger partial charge is 0.377 e. The molecule has 1 aliphatic rings. The minimum atomic E-state index is -0.160. The van der Waals surface area contributed by atoms with E-state index in [-0.39, 0.29) is 11.4 Å². The van der Waals surface area contributed by atoms with Crippen LogP contribution < -0.4 is 0 Å². The van der Waals surface area contributed by atoms with Crippen LogP contribution >= 0.6 is 0 Å². The van der Waals surface area contributed by atoms with Crippen molar-refractivity contribution in [2.75, 3.05) is 13.7 Å². The third kappa shape index (κ3) is 3.19. The Morgan fingerprint density at radius 2 is 2.00 bits per heavy atom. The molecule has 0 N–H and O–H groups in total. The lowest BCUT2D eigenvalue weighted by Gasteiger charge is -2.22. The fourth-order valence-corrected chi connectivity index (χ4v) is 3.01. The normalized spacial score (nSPS) is 14.3. The number of benzene rings is 1. The van der Waals surface area contributed by atoms with Crippen molar-refractivity contribution in [3.8, 4) is 0 Å². The number of hydrogen-bond donors (Lipinski definition) is 0. The minimum Gasteiger partial charge on any atom is -0.377 e. The average Bonchev–Trinajstić information content (AvgIpc) is 3.07. The van der Waals surface area contributed by atoms with Crippen LogP contribution in [0.25, 0.3) is 0 Å². The number of fused-ring (bicyclic) bond motifs is 1. The van der Waals surface area contributed by atoms with Crippen molar-refractivity contribution in [3.05, 3.63) is 47.0 Å². The Bertz CT molecular complexity index is 746. The van der Waals surface area contributed by atoms with E-state index in [9.17, 15) is 4.79 Å². The summed E-state index contributed by atoms with van der Waals surface area (Å²) >= 11 is 0. The quantitative estimate of drug-likeness (QED) is 0.845. The molecule has 2 heterocycles. The molecule has 0 radical (unpaired) electrons. The van der Waals surface area contributed by atoms with Crippen molar-refractivity contribution in [1.82, 2.24) is 19.7 Å². The molecule has 6 heteroatoms. The maximum absolute atomic E-state index is 12.5. The van der Waals surface area contributed by atoms with E-state index in [1.54, 1.807) is 7.11 Å². The highest BCUT2D eigenvalue weighted by atomic mass is 16.5. The van der Waals surface area contributed by atoms with E-state index in [4.69, 9.17) is 4.74 Å². The summed E-state index contributed by atoms with van der Waals surface area (Å²) in [7, 11) is 1.64. The van der Waals surface area contributed by atoms with Gasteiger partial charge in [-0.25, -0.2) is 9.67 Å². The predicted molar refractivity (Wildman–Crippen MR) is 90.6 cm³/mol. The number of amides is 1. The highest BCUT2D eigenvalue weighted by Crippen LogP contribution is 2.23. The zero-order valence-electron chi connectivity index (χ0n) is 14.7. The highest BCUT2D eigenvalue weighted by Gasteiger charge is 2.28. The van der Waals surface area contributed by atoms with Gasteiger partial charge in [-0.15, -0.1) is 0 Å². The summed E-state index contributed by atoms with van der Waals surface area (Å²) in [6.45, 7) is 7.98. The minimum absolute atomic E-state index is 0.101. The SMILES string of the molecule is COCc1nc(CCN2Cc3ccccc3C2=O)n(C(C)(C)C)n1. The zero-order chi connectivity index (χ0) is 17.3. The second-order valence-electron chi connectivity index (χ2n) is 7.09. The van der Waals surface area contributed by atoms with Gasteiger partial charge in [0.1, 0.15) is 12.4 Å². The third-order valence-electron chi connectivity index (χ3n) is 4.13. The van der Waals surface area contributed by atoms with Gasteiger partial charge in [0.15, 0.2) is 5.82 Å². The van der Waals surface area contributed by atoms with E-state index < -0.39 is 0 Å². The van der Waals surface area contributed by atoms with E-state index in [1.807, 2.05) is 33.8 Å². The first kappa shape index (κ1) is 16.6. The van der Waals surface area contributed by atoms with Crippen LogP contribution in [0, 0.1) is 0 Å². The van der Waals surface area contributed by atoms with Gasteiger partial charge in [-0.2, -0.15) is 5.10 Å². The Morgan fingerprint density at radius 1 is 1.25 bits per heavy atom. The Kier molecular flexibility index (Phi) is 4.41.